The van der Waals surface area contributed by atoms with E-state index in [9.17, 15) is 4.39 Å². The third kappa shape index (κ3) is 2.03. The van der Waals surface area contributed by atoms with E-state index in [1.165, 1.54) is 26.4 Å². The van der Waals surface area contributed by atoms with Crippen LogP contribution < -0.4 is 0 Å². The maximum absolute atomic E-state index is 12.4. The Labute approximate surface area is 70.9 Å². The van der Waals surface area contributed by atoms with Gasteiger partial charge in [-0.05, 0) is 12.1 Å². The summed E-state index contributed by atoms with van der Waals surface area (Å²) in [5.74, 6) is -0.385. The van der Waals surface area contributed by atoms with Gasteiger partial charge in [-0.1, -0.05) is 6.07 Å². The summed E-state index contributed by atoms with van der Waals surface area (Å²) in [5, 5.41) is 0. The van der Waals surface area contributed by atoms with Crippen molar-refractivity contribution in [2.75, 3.05) is 14.2 Å². The lowest BCUT2D eigenvalue weighted by atomic mass is 10.2. The second-order valence-electron chi connectivity index (χ2n) is 2.27. The molecule has 0 amide bonds. The molecule has 0 spiro atoms. The van der Waals surface area contributed by atoms with Crippen molar-refractivity contribution in [1.29, 1.82) is 0 Å². The number of ether oxygens (including phenoxy) is 2. The molecule has 0 aliphatic heterocycles. The molecule has 3 heteroatoms. The molecule has 0 bridgehead atoms. The first-order valence-electron chi connectivity index (χ1n) is 3.50. The van der Waals surface area contributed by atoms with Crippen LogP contribution in [0.1, 0.15) is 11.9 Å². The van der Waals surface area contributed by atoms with E-state index < -0.39 is 6.29 Å². The largest absolute Gasteiger partial charge is 0.352 e. The Morgan fingerprint density at radius 2 is 2.00 bits per heavy atom. The second-order valence-corrected chi connectivity index (χ2v) is 2.27. The normalized spacial score (nSPS) is 10.7. The monoisotopic (exact) mass is 169 g/mol. The van der Waals surface area contributed by atoms with E-state index in [1.807, 2.05) is 0 Å². The van der Waals surface area contributed by atoms with Gasteiger partial charge in [0.05, 0.1) is 0 Å². The van der Waals surface area contributed by atoms with Crippen molar-refractivity contribution in [2.45, 2.75) is 6.29 Å². The highest BCUT2D eigenvalue weighted by molar-refractivity contribution is 5.16. The summed E-state index contributed by atoms with van der Waals surface area (Å²) in [6.07, 6.45) is -0.443. The molecule has 2 nitrogen and oxygen atoms in total. The van der Waals surface area contributed by atoms with Crippen LogP contribution in [0.2, 0.25) is 0 Å². The Bertz CT molecular complexity index is 229. The molecular weight excluding hydrogens is 159 g/mol. The average molecular weight is 169 g/mol. The van der Waals surface area contributed by atoms with Gasteiger partial charge in [-0.25, -0.2) is 4.39 Å². The van der Waals surface area contributed by atoms with E-state index in [4.69, 9.17) is 9.47 Å². The minimum Gasteiger partial charge on any atom is -0.352 e. The Hall–Kier alpha value is -0.930. The molecular formula is C9H10FO2. The summed E-state index contributed by atoms with van der Waals surface area (Å²) in [4.78, 5) is 0. The van der Waals surface area contributed by atoms with Crippen molar-refractivity contribution in [2.24, 2.45) is 0 Å². The van der Waals surface area contributed by atoms with Crippen LogP contribution in [0.15, 0.2) is 18.2 Å². The molecule has 1 aromatic rings. The summed E-state index contributed by atoms with van der Waals surface area (Å²) in [6, 6.07) is 6.85. The van der Waals surface area contributed by atoms with Crippen LogP contribution in [0.5, 0.6) is 0 Å². The van der Waals surface area contributed by atoms with Crippen LogP contribution in [0.25, 0.3) is 0 Å². The molecule has 0 saturated carbocycles. The van der Waals surface area contributed by atoms with Gasteiger partial charge in [0.2, 0.25) is 0 Å². The Morgan fingerprint density at radius 3 is 2.42 bits per heavy atom. The Balaban J connectivity index is 2.80. The number of methoxy groups -OCH3 is 2. The third-order valence-corrected chi connectivity index (χ3v) is 1.50. The Kier molecular flexibility index (Phi) is 3.19. The average Bonchev–Trinajstić information content (AvgIpc) is 2.10. The second kappa shape index (κ2) is 4.18. The summed E-state index contributed by atoms with van der Waals surface area (Å²) >= 11 is 0. The smallest absolute Gasteiger partial charge is 0.183 e. The van der Waals surface area contributed by atoms with Crippen molar-refractivity contribution >= 4 is 0 Å². The van der Waals surface area contributed by atoms with Gasteiger partial charge in [-0.3, -0.25) is 0 Å². The molecule has 0 aromatic heterocycles. The van der Waals surface area contributed by atoms with E-state index >= 15 is 0 Å². The van der Waals surface area contributed by atoms with Crippen molar-refractivity contribution in [1.82, 2.24) is 0 Å². The third-order valence-electron chi connectivity index (χ3n) is 1.50. The fourth-order valence-electron chi connectivity index (χ4n) is 0.933. The molecule has 0 saturated heterocycles. The van der Waals surface area contributed by atoms with Crippen LogP contribution in [-0.2, 0) is 9.47 Å². The summed E-state index contributed by atoms with van der Waals surface area (Å²) in [5.41, 5.74) is 0.751. The molecule has 1 rings (SSSR count). The lowest BCUT2D eigenvalue weighted by molar-refractivity contribution is -0.106. The first-order valence-corrected chi connectivity index (χ1v) is 3.50. The molecule has 1 aromatic carbocycles. The van der Waals surface area contributed by atoms with Crippen molar-refractivity contribution in [3.8, 4) is 0 Å². The van der Waals surface area contributed by atoms with Gasteiger partial charge in [-0.15, -0.1) is 0 Å². The highest BCUT2D eigenvalue weighted by Gasteiger charge is 2.07. The van der Waals surface area contributed by atoms with Gasteiger partial charge in [0.1, 0.15) is 5.82 Å². The molecule has 65 valence electrons. The van der Waals surface area contributed by atoms with E-state index in [0.717, 1.165) is 5.56 Å². The first-order chi connectivity index (χ1) is 5.77. The maximum atomic E-state index is 12.4. The predicted molar refractivity (Wildman–Crippen MR) is 42.0 cm³/mol. The van der Waals surface area contributed by atoms with Gasteiger partial charge in [0.15, 0.2) is 6.29 Å². The molecule has 0 aliphatic rings. The SMILES string of the molecule is COC(OC)c1c[c]c(F)cc1. The number of rotatable bonds is 3. The van der Waals surface area contributed by atoms with Crippen LogP contribution in [0.3, 0.4) is 0 Å². The highest BCUT2D eigenvalue weighted by atomic mass is 19.1. The number of hydrogen-bond donors (Lipinski definition) is 0. The molecule has 12 heavy (non-hydrogen) atoms. The number of hydrogen-bond acceptors (Lipinski definition) is 2. The zero-order chi connectivity index (χ0) is 8.97. The van der Waals surface area contributed by atoms with Crippen LogP contribution in [0.4, 0.5) is 4.39 Å². The fourth-order valence-corrected chi connectivity index (χ4v) is 0.933. The predicted octanol–water partition coefficient (Wildman–Crippen LogP) is 1.92. The van der Waals surface area contributed by atoms with Gasteiger partial charge >= 0.3 is 0 Å². The lowest BCUT2D eigenvalue weighted by Gasteiger charge is -2.12. The van der Waals surface area contributed by atoms with Gasteiger partial charge in [-0.2, -0.15) is 0 Å². The highest BCUT2D eigenvalue weighted by Crippen LogP contribution is 2.16. The lowest BCUT2D eigenvalue weighted by Crippen LogP contribution is -2.03. The molecule has 0 aliphatic carbocycles. The van der Waals surface area contributed by atoms with Crippen LogP contribution in [-0.4, -0.2) is 14.2 Å². The van der Waals surface area contributed by atoms with Crippen molar-refractivity contribution < 1.29 is 13.9 Å². The van der Waals surface area contributed by atoms with Crippen LogP contribution in [0, 0.1) is 11.9 Å². The van der Waals surface area contributed by atoms with Crippen LogP contribution >= 0.6 is 0 Å². The zero-order valence-corrected chi connectivity index (χ0v) is 7.00. The molecule has 0 atom stereocenters. The van der Waals surface area contributed by atoms with Gasteiger partial charge in [0.25, 0.3) is 0 Å². The van der Waals surface area contributed by atoms with E-state index in [0.29, 0.717) is 0 Å². The van der Waals surface area contributed by atoms with Crippen molar-refractivity contribution in [3.05, 3.63) is 35.6 Å². The minimum absolute atomic E-state index is 0.385. The standard InChI is InChI=1S/C9H10FO2/c1-11-9(12-2)7-3-5-8(10)6-4-7/h3-5,9H,1-2H3. The minimum atomic E-state index is -0.443. The summed E-state index contributed by atoms with van der Waals surface area (Å²) in [7, 11) is 3.05. The van der Waals surface area contributed by atoms with Crippen molar-refractivity contribution in [3.63, 3.8) is 0 Å². The molecule has 0 N–H and O–H groups in total. The zero-order valence-electron chi connectivity index (χ0n) is 7.00. The molecule has 0 unspecified atom stereocenters. The maximum Gasteiger partial charge on any atom is 0.183 e. The van der Waals surface area contributed by atoms with E-state index in [-0.39, 0.29) is 5.82 Å². The molecule has 1 radical (unpaired) electrons. The summed E-state index contributed by atoms with van der Waals surface area (Å²) in [6.45, 7) is 0. The topological polar surface area (TPSA) is 18.5 Å². The molecule has 0 fully saturated rings. The summed E-state index contributed by atoms with van der Waals surface area (Å²) < 4.78 is 22.3. The Morgan fingerprint density at radius 1 is 1.33 bits per heavy atom. The van der Waals surface area contributed by atoms with Gasteiger partial charge in [0, 0.05) is 25.8 Å². The van der Waals surface area contributed by atoms with E-state index in [2.05, 4.69) is 6.07 Å². The first kappa shape index (κ1) is 9.16. The van der Waals surface area contributed by atoms with E-state index in [1.54, 1.807) is 6.07 Å². The van der Waals surface area contributed by atoms with Gasteiger partial charge < -0.3 is 9.47 Å². The molecule has 0 heterocycles. The fraction of sp³-hybridized carbons (Fsp3) is 0.333. The number of halogens is 1. The number of benzene rings is 1. The quantitative estimate of drug-likeness (QED) is 0.643.